The molecule has 0 spiro atoms. The third-order valence-corrected chi connectivity index (χ3v) is 4.09. The van der Waals surface area contributed by atoms with E-state index in [0.717, 1.165) is 12.1 Å². The summed E-state index contributed by atoms with van der Waals surface area (Å²) in [6, 6.07) is 1.67. The highest BCUT2D eigenvalue weighted by Gasteiger charge is 2.49. The Balaban J connectivity index is 2.33. The summed E-state index contributed by atoms with van der Waals surface area (Å²) in [5.41, 5.74) is -1.31. The molecule has 7 nitrogen and oxygen atoms in total. The van der Waals surface area contributed by atoms with Gasteiger partial charge in [-0.15, -0.1) is 13.2 Å². The number of carbonyl (C=O) groups excluding carboxylic acids is 2. The molecule has 0 bridgehead atoms. The predicted molar refractivity (Wildman–Crippen MR) is 94.3 cm³/mol. The average molecular weight is 472 g/mol. The Bertz CT molecular complexity index is 876. The molecule has 0 radical (unpaired) electrons. The number of aryl methyl sites for hydroxylation is 1. The van der Waals surface area contributed by atoms with Crippen molar-refractivity contribution in [3.05, 3.63) is 28.8 Å². The van der Waals surface area contributed by atoms with Gasteiger partial charge < -0.3 is 24.1 Å². The van der Waals surface area contributed by atoms with Crippen LogP contribution in [0.15, 0.2) is 17.7 Å². The molecule has 1 aliphatic heterocycles. The van der Waals surface area contributed by atoms with Crippen LogP contribution < -0.4 is 9.47 Å². The molecular weight excluding hydrogens is 454 g/mol. The molecule has 0 unspecified atom stereocenters. The molecule has 0 saturated carbocycles. The lowest BCUT2D eigenvalue weighted by Crippen LogP contribution is -2.41. The van der Waals surface area contributed by atoms with Crippen LogP contribution in [-0.4, -0.2) is 49.1 Å². The Labute approximate surface area is 177 Å². The van der Waals surface area contributed by atoms with Crippen molar-refractivity contribution < 1.29 is 60.0 Å². The lowest BCUT2D eigenvalue weighted by atomic mass is 9.97. The second-order valence-corrected chi connectivity index (χ2v) is 6.43. The lowest BCUT2D eigenvalue weighted by Gasteiger charge is -2.29. The fourth-order valence-electron chi connectivity index (χ4n) is 2.75. The summed E-state index contributed by atoms with van der Waals surface area (Å²) in [7, 11) is 0. The maximum absolute atomic E-state index is 13.5. The number of alkyl halides is 6. The summed E-state index contributed by atoms with van der Waals surface area (Å²) >= 11 is 0. The number of carbonyl (C=O) groups is 2. The van der Waals surface area contributed by atoms with Gasteiger partial charge in [-0.1, -0.05) is 6.92 Å². The molecule has 1 aromatic rings. The zero-order chi connectivity index (χ0) is 24.1. The Morgan fingerprint density at radius 3 is 2.38 bits per heavy atom. The van der Waals surface area contributed by atoms with Crippen molar-refractivity contribution in [3.8, 4) is 11.5 Å². The monoisotopic (exact) mass is 472 g/mol. The van der Waals surface area contributed by atoms with Crippen LogP contribution in [0.4, 0.5) is 26.3 Å². The molecule has 0 aromatic heterocycles. The second kappa shape index (κ2) is 10.1. The fraction of sp³-hybridized carbons (Fsp3) is 0.474. The molecule has 1 N–H and O–H groups in total. The van der Waals surface area contributed by atoms with Gasteiger partial charge in [0.25, 0.3) is 0 Å². The zero-order valence-corrected chi connectivity index (χ0v) is 16.5. The molecule has 1 aromatic carbocycles. The standard InChI is InChI=1S/C19H18F6O7/c1-2-10-6-12(32-19(23,24)25)7-11-8-13(16(18(20,21)22)31-15(10)11)17(28)30-9-29-14(27)4-3-5-26/h6-8,16,26H,2-5,9H2,1H3/t16-/m0/s1. The van der Waals surface area contributed by atoms with Crippen LogP contribution in [-0.2, 0) is 25.5 Å². The highest BCUT2D eigenvalue weighted by Crippen LogP contribution is 2.42. The van der Waals surface area contributed by atoms with E-state index in [0.29, 0.717) is 6.08 Å². The number of rotatable bonds is 8. The number of aliphatic hydroxyl groups is 1. The van der Waals surface area contributed by atoms with Gasteiger partial charge in [0, 0.05) is 18.6 Å². The third kappa shape index (κ3) is 6.77. The van der Waals surface area contributed by atoms with Crippen LogP contribution in [0.5, 0.6) is 11.5 Å². The topological polar surface area (TPSA) is 91.3 Å². The van der Waals surface area contributed by atoms with Gasteiger partial charge in [0.2, 0.25) is 12.9 Å². The van der Waals surface area contributed by atoms with E-state index >= 15 is 0 Å². The quantitative estimate of drug-likeness (QED) is 0.351. The first kappa shape index (κ1) is 25.3. The smallest absolute Gasteiger partial charge is 0.475 e. The zero-order valence-electron chi connectivity index (χ0n) is 16.5. The number of fused-ring (bicyclic) bond motifs is 1. The lowest BCUT2D eigenvalue weighted by molar-refractivity contribution is -0.274. The molecule has 0 amide bonds. The summed E-state index contributed by atoms with van der Waals surface area (Å²) in [6.45, 7) is 0.179. The van der Waals surface area contributed by atoms with Gasteiger partial charge in [-0.25, -0.2) is 4.79 Å². The van der Waals surface area contributed by atoms with E-state index in [-0.39, 0.29) is 42.7 Å². The van der Waals surface area contributed by atoms with E-state index in [2.05, 4.69) is 14.2 Å². The van der Waals surface area contributed by atoms with Crippen molar-refractivity contribution in [2.24, 2.45) is 0 Å². The van der Waals surface area contributed by atoms with Crippen LogP contribution in [0.2, 0.25) is 0 Å². The van der Waals surface area contributed by atoms with Gasteiger partial charge >= 0.3 is 24.5 Å². The van der Waals surface area contributed by atoms with E-state index in [1.807, 2.05) is 0 Å². The van der Waals surface area contributed by atoms with E-state index in [1.165, 1.54) is 6.92 Å². The van der Waals surface area contributed by atoms with Crippen LogP contribution >= 0.6 is 0 Å². The molecule has 13 heteroatoms. The third-order valence-electron chi connectivity index (χ3n) is 4.09. The van der Waals surface area contributed by atoms with Crippen molar-refractivity contribution in [2.75, 3.05) is 13.4 Å². The minimum atomic E-state index is -5.06. The minimum Gasteiger partial charge on any atom is -0.475 e. The van der Waals surface area contributed by atoms with Gasteiger partial charge in [0.05, 0.1) is 5.57 Å². The van der Waals surface area contributed by atoms with Crippen molar-refractivity contribution in [1.29, 1.82) is 0 Å². The van der Waals surface area contributed by atoms with Crippen molar-refractivity contribution in [3.63, 3.8) is 0 Å². The summed E-state index contributed by atoms with van der Waals surface area (Å²) < 4.78 is 96.1. The molecular formula is C19H18F6O7. The number of halogens is 6. The first-order valence-corrected chi connectivity index (χ1v) is 9.17. The maximum Gasteiger partial charge on any atom is 0.573 e. The molecule has 1 atom stereocenters. The van der Waals surface area contributed by atoms with Gasteiger partial charge in [0.15, 0.2) is 0 Å². The SMILES string of the molecule is CCc1cc(OC(F)(F)F)cc2c1O[C@H](C(F)(F)F)C(C(=O)OCOC(=O)CCCO)=C2. The number of benzene rings is 1. The number of aliphatic hydroxyl groups excluding tert-OH is 1. The molecule has 0 fully saturated rings. The largest absolute Gasteiger partial charge is 0.573 e. The highest BCUT2D eigenvalue weighted by molar-refractivity contribution is 5.96. The Hall–Kier alpha value is -2.96. The molecule has 32 heavy (non-hydrogen) atoms. The van der Waals surface area contributed by atoms with Crippen molar-refractivity contribution >= 4 is 18.0 Å². The van der Waals surface area contributed by atoms with Crippen LogP contribution in [0.3, 0.4) is 0 Å². The number of hydrogen-bond acceptors (Lipinski definition) is 7. The second-order valence-electron chi connectivity index (χ2n) is 6.43. The number of ether oxygens (including phenoxy) is 4. The van der Waals surface area contributed by atoms with E-state index < -0.39 is 48.7 Å². The van der Waals surface area contributed by atoms with Crippen LogP contribution in [0.25, 0.3) is 6.08 Å². The normalized spacial score (nSPS) is 15.9. The first-order chi connectivity index (χ1) is 14.9. The Morgan fingerprint density at radius 2 is 1.81 bits per heavy atom. The molecule has 0 aliphatic carbocycles. The van der Waals surface area contributed by atoms with Crippen LogP contribution in [0.1, 0.15) is 30.9 Å². The van der Waals surface area contributed by atoms with Gasteiger partial charge in [-0.05, 0) is 36.6 Å². The van der Waals surface area contributed by atoms with Crippen LogP contribution in [0, 0.1) is 0 Å². The maximum atomic E-state index is 13.5. The van der Waals surface area contributed by atoms with Gasteiger partial charge in [-0.3, -0.25) is 4.79 Å². The first-order valence-electron chi connectivity index (χ1n) is 9.17. The Kier molecular flexibility index (Phi) is 7.99. The highest BCUT2D eigenvalue weighted by atomic mass is 19.4. The summed E-state index contributed by atoms with van der Waals surface area (Å²) in [5.74, 6) is -3.46. The van der Waals surface area contributed by atoms with E-state index in [1.54, 1.807) is 0 Å². The molecule has 0 saturated heterocycles. The van der Waals surface area contributed by atoms with Gasteiger partial charge in [0.1, 0.15) is 11.5 Å². The van der Waals surface area contributed by atoms with E-state index in [9.17, 15) is 35.9 Å². The summed E-state index contributed by atoms with van der Waals surface area (Å²) in [5, 5.41) is 8.61. The molecule has 1 heterocycles. The molecule has 2 rings (SSSR count). The number of hydrogen-bond donors (Lipinski definition) is 1. The molecule has 178 valence electrons. The average Bonchev–Trinajstić information content (AvgIpc) is 2.68. The van der Waals surface area contributed by atoms with Gasteiger partial charge in [-0.2, -0.15) is 13.2 Å². The fourth-order valence-corrected chi connectivity index (χ4v) is 2.75. The van der Waals surface area contributed by atoms with E-state index in [4.69, 9.17) is 9.84 Å². The summed E-state index contributed by atoms with van der Waals surface area (Å²) in [4.78, 5) is 23.5. The molecule has 1 aliphatic rings. The Morgan fingerprint density at radius 1 is 1.12 bits per heavy atom. The van der Waals surface area contributed by atoms with Crippen molar-refractivity contribution in [1.82, 2.24) is 0 Å². The minimum absolute atomic E-state index is 0.00233. The number of esters is 2. The summed E-state index contributed by atoms with van der Waals surface area (Å²) in [6.07, 6.45) is -12.3. The van der Waals surface area contributed by atoms with Crippen molar-refractivity contribution in [2.45, 2.75) is 44.8 Å². The predicted octanol–water partition coefficient (Wildman–Crippen LogP) is 3.67.